The first-order chi connectivity index (χ1) is 14.0. The van der Waals surface area contributed by atoms with Gasteiger partial charge in [-0.2, -0.15) is 0 Å². The van der Waals surface area contributed by atoms with E-state index in [-0.39, 0.29) is 12.3 Å². The molecule has 4 heteroatoms. The van der Waals surface area contributed by atoms with Crippen LogP contribution in [-0.2, 0) is 11.3 Å². The van der Waals surface area contributed by atoms with E-state index in [4.69, 9.17) is 5.11 Å². The molecule has 3 aromatic rings. The van der Waals surface area contributed by atoms with Gasteiger partial charge < -0.3 is 10.4 Å². The van der Waals surface area contributed by atoms with Gasteiger partial charge in [-0.3, -0.25) is 4.79 Å². The van der Waals surface area contributed by atoms with E-state index in [0.29, 0.717) is 17.7 Å². The highest BCUT2D eigenvalue weighted by Gasteiger charge is 2.05. The molecule has 29 heavy (non-hydrogen) atoms. The lowest BCUT2D eigenvalue weighted by Gasteiger charge is -2.08. The van der Waals surface area contributed by atoms with E-state index >= 15 is 0 Å². The Labute approximate surface area is 170 Å². The summed E-state index contributed by atoms with van der Waals surface area (Å²) in [4.78, 5) is 23.1. The molecule has 0 saturated carbocycles. The van der Waals surface area contributed by atoms with E-state index in [9.17, 15) is 9.59 Å². The zero-order valence-electron chi connectivity index (χ0n) is 16.3. The Balaban J connectivity index is 1.63. The van der Waals surface area contributed by atoms with Crippen LogP contribution in [0.2, 0.25) is 0 Å². The van der Waals surface area contributed by atoms with Gasteiger partial charge >= 0.3 is 5.97 Å². The summed E-state index contributed by atoms with van der Waals surface area (Å²) >= 11 is 0. The van der Waals surface area contributed by atoms with Crippen LogP contribution in [0.15, 0.2) is 84.4 Å². The summed E-state index contributed by atoms with van der Waals surface area (Å²) in [6.45, 7) is 2.47. The predicted molar refractivity (Wildman–Crippen MR) is 116 cm³/mol. The molecule has 146 valence electrons. The molecule has 0 spiro atoms. The van der Waals surface area contributed by atoms with E-state index < -0.39 is 5.97 Å². The maximum absolute atomic E-state index is 12.2. The molecule has 0 amide bonds. The minimum Gasteiger partial charge on any atom is -0.478 e. The Bertz CT molecular complexity index is 1020. The standard InChI is InChI=1S/C25H23NO3/c1-18(25(28)29)14-19-10-12-21(13-11-19)23-9-5-6-20(15-23)16-26-17-24(27)22-7-3-2-4-8-22/h2-15,26H,16-17H2,1H3,(H,28,29)/b18-14+. The second-order valence-electron chi connectivity index (χ2n) is 6.85. The van der Waals surface area contributed by atoms with Gasteiger partial charge in [0.1, 0.15) is 0 Å². The SMILES string of the molecule is C/C(=C\c1ccc(-c2cccc(CNCC(=O)c3ccccc3)c2)cc1)C(=O)O. The molecule has 0 aromatic heterocycles. The van der Waals surface area contributed by atoms with Gasteiger partial charge in [-0.05, 0) is 41.3 Å². The summed E-state index contributed by atoms with van der Waals surface area (Å²) in [5, 5.41) is 12.2. The lowest BCUT2D eigenvalue weighted by atomic mass is 10.0. The molecule has 0 bridgehead atoms. The molecule has 2 N–H and O–H groups in total. The molecule has 0 aliphatic heterocycles. The fraction of sp³-hybridized carbons (Fsp3) is 0.120. The van der Waals surface area contributed by atoms with Crippen LogP contribution in [0.4, 0.5) is 0 Å². The van der Waals surface area contributed by atoms with Crippen molar-refractivity contribution in [3.63, 3.8) is 0 Å². The second-order valence-corrected chi connectivity index (χ2v) is 6.85. The fourth-order valence-corrected chi connectivity index (χ4v) is 2.99. The van der Waals surface area contributed by atoms with Crippen LogP contribution in [-0.4, -0.2) is 23.4 Å². The van der Waals surface area contributed by atoms with E-state index in [2.05, 4.69) is 11.4 Å². The molecule has 0 unspecified atom stereocenters. The monoisotopic (exact) mass is 385 g/mol. The molecule has 0 fully saturated rings. The first kappa shape index (κ1) is 20.2. The van der Waals surface area contributed by atoms with Crippen molar-refractivity contribution in [2.75, 3.05) is 6.54 Å². The normalized spacial score (nSPS) is 11.3. The van der Waals surface area contributed by atoms with E-state index in [1.165, 1.54) is 0 Å². The zero-order valence-corrected chi connectivity index (χ0v) is 16.3. The number of carboxylic acid groups (broad SMARTS) is 1. The van der Waals surface area contributed by atoms with Crippen molar-refractivity contribution < 1.29 is 14.7 Å². The number of Topliss-reactive ketones (excluding diaryl/α,β-unsaturated/α-hetero) is 1. The number of carboxylic acids is 1. The van der Waals surface area contributed by atoms with Gasteiger partial charge in [-0.15, -0.1) is 0 Å². The highest BCUT2D eigenvalue weighted by molar-refractivity contribution is 5.97. The first-order valence-corrected chi connectivity index (χ1v) is 9.43. The summed E-state index contributed by atoms with van der Waals surface area (Å²) in [5.74, 6) is -0.845. The van der Waals surface area contributed by atoms with Crippen LogP contribution in [0, 0.1) is 0 Å². The Hall–Kier alpha value is -3.50. The predicted octanol–water partition coefficient (Wildman–Crippen LogP) is 4.81. The Kier molecular flexibility index (Phi) is 6.72. The summed E-state index contributed by atoms with van der Waals surface area (Å²) in [6.07, 6.45) is 1.65. The number of nitrogens with one attached hydrogen (secondary N) is 1. The largest absolute Gasteiger partial charge is 0.478 e. The molecular weight excluding hydrogens is 362 g/mol. The summed E-state index contributed by atoms with van der Waals surface area (Å²) in [5.41, 5.74) is 5.08. The van der Waals surface area contributed by atoms with Crippen molar-refractivity contribution in [1.29, 1.82) is 0 Å². The van der Waals surface area contributed by atoms with Gasteiger partial charge in [0.05, 0.1) is 6.54 Å². The summed E-state index contributed by atoms with van der Waals surface area (Å²) in [7, 11) is 0. The van der Waals surface area contributed by atoms with Crippen molar-refractivity contribution in [1.82, 2.24) is 5.32 Å². The summed E-state index contributed by atoms with van der Waals surface area (Å²) in [6, 6.07) is 25.2. The lowest BCUT2D eigenvalue weighted by Crippen LogP contribution is -2.22. The van der Waals surface area contributed by atoms with Gasteiger partial charge in [0.25, 0.3) is 0 Å². The number of carbonyl (C=O) groups is 2. The van der Waals surface area contributed by atoms with Crippen LogP contribution >= 0.6 is 0 Å². The van der Waals surface area contributed by atoms with Crippen molar-refractivity contribution >= 4 is 17.8 Å². The number of aliphatic carboxylic acids is 1. The fourth-order valence-electron chi connectivity index (χ4n) is 2.99. The van der Waals surface area contributed by atoms with Gasteiger partial charge in [0, 0.05) is 17.7 Å². The van der Waals surface area contributed by atoms with Gasteiger partial charge in [-0.25, -0.2) is 4.79 Å². The number of benzene rings is 3. The molecule has 4 nitrogen and oxygen atoms in total. The van der Waals surface area contributed by atoms with Gasteiger partial charge in [-0.1, -0.05) is 72.8 Å². The van der Waals surface area contributed by atoms with Gasteiger partial charge in [0.2, 0.25) is 0 Å². The highest BCUT2D eigenvalue weighted by atomic mass is 16.4. The number of ketones is 1. The third kappa shape index (κ3) is 5.74. The van der Waals surface area contributed by atoms with Crippen molar-refractivity contribution in [3.8, 4) is 11.1 Å². The molecule has 0 saturated heterocycles. The highest BCUT2D eigenvalue weighted by Crippen LogP contribution is 2.22. The average Bonchev–Trinajstić information content (AvgIpc) is 2.75. The second kappa shape index (κ2) is 9.62. The quantitative estimate of drug-likeness (QED) is 0.431. The molecular formula is C25H23NO3. The Morgan fingerprint density at radius 3 is 2.31 bits per heavy atom. The van der Waals surface area contributed by atoms with E-state index in [1.54, 1.807) is 13.0 Å². The molecule has 3 rings (SSSR count). The lowest BCUT2D eigenvalue weighted by molar-refractivity contribution is -0.132. The number of hydrogen-bond donors (Lipinski definition) is 2. The van der Waals surface area contributed by atoms with Crippen molar-refractivity contribution in [2.45, 2.75) is 13.5 Å². The smallest absolute Gasteiger partial charge is 0.331 e. The van der Waals surface area contributed by atoms with Crippen LogP contribution in [0.25, 0.3) is 17.2 Å². The van der Waals surface area contributed by atoms with E-state index in [0.717, 1.165) is 22.3 Å². The Morgan fingerprint density at radius 1 is 0.897 bits per heavy atom. The van der Waals surface area contributed by atoms with Crippen molar-refractivity contribution in [2.24, 2.45) is 0 Å². The van der Waals surface area contributed by atoms with Crippen LogP contribution < -0.4 is 5.32 Å². The number of rotatable bonds is 8. The molecule has 0 aliphatic rings. The molecule has 0 radical (unpaired) electrons. The van der Waals surface area contributed by atoms with Gasteiger partial charge in [0.15, 0.2) is 5.78 Å². The van der Waals surface area contributed by atoms with E-state index in [1.807, 2.05) is 72.8 Å². The zero-order chi connectivity index (χ0) is 20.6. The Morgan fingerprint density at radius 2 is 1.62 bits per heavy atom. The van der Waals surface area contributed by atoms with Crippen LogP contribution in [0.5, 0.6) is 0 Å². The third-order valence-corrected chi connectivity index (χ3v) is 4.60. The van der Waals surface area contributed by atoms with Crippen LogP contribution in [0.3, 0.4) is 0 Å². The topological polar surface area (TPSA) is 66.4 Å². The molecule has 0 aliphatic carbocycles. The third-order valence-electron chi connectivity index (χ3n) is 4.60. The minimum absolute atomic E-state index is 0.0713. The molecule has 0 atom stereocenters. The van der Waals surface area contributed by atoms with Crippen LogP contribution in [0.1, 0.15) is 28.4 Å². The molecule has 3 aromatic carbocycles. The minimum atomic E-state index is -0.917. The number of hydrogen-bond acceptors (Lipinski definition) is 3. The molecule has 0 heterocycles. The maximum Gasteiger partial charge on any atom is 0.331 e. The average molecular weight is 385 g/mol. The van der Waals surface area contributed by atoms with Crippen molar-refractivity contribution in [3.05, 3.63) is 101 Å². The maximum atomic E-state index is 12.2. The number of carbonyl (C=O) groups excluding carboxylic acids is 1. The summed E-state index contributed by atoms with van der Waals surface area (Å²) < 4.78 is 0. The first-order valence-electron chi connectivity index (χ1n) is 9.43.